The van der Waals surface area contributed by atoms with Crippen molar-refractivity contribution in [2.75, 3.05) is 0 Å². The zero-order valence-corrected chi connectivity index (χ0v) is 10.4. The molecule has 18 heavy (non-hydrogen) atoms. The first kappa shape index (κ1) is 12.2. The standard InChI is InChI=1S/C15H15NO2/c1-10-3-6-14(9-11(10)2)18-13-7-4-12(5-8-13)15(16)17/h3-9H,1-2H3,(H2,16,17). The molecule has 0 aliphatic heterocycles. The number of ether oxygens (including phenoxy) is 1. The van der Waals surface area contributed by atoms with E-state index in [1.165, 1.54) is 11.1 Å². The molecule has 2 N–H and O–H groups in total. The summed E-state index contributed by atoms with van der Waals surface area (Å²) in [5.41, 5.74) is 8.06. The van der Waals surface area contributed by atoms with Crippen LogP contribution in [-0.2, 0) is 0 Å². The van der Waals surface area contributed by atoms with Crippen LogP contribution in [0, 0.1) is 13.8 Å². The van der Waals surface area contributed by atoms with E-state index in [9.17, 15) is 4.79 Å². The highest BCUT2D eigenvalue weighted by Gasteiger charge is 2.02. The minimum atomic E-state index is -0.437. The quantitative estimate of drug-likeness (QED) is 0.897. The van der Waals surface area contributed by atoms with Crippen molar-refractivity contribution in [3.8, 4) is 11.5 Å². The van der Waals surface area contributed by atoms with Crippen molar-refractivity contribution in [3.63, 3.8) is 0 Å². The van der Waals surface area contributed by atoms with E-state index in [1.54, 1.807) is 24.3 Å². The van der Waals surface area contributed by atoms with E-state index >= 15 is 0 Å². The number of amides is 1. The number of carbonyl (C=O) groups excluding carboxylic acids is 1. The third kappa shape index (κ3) is 2.69. The molecule has 3 nitrogen and oxygen atoms in total. The maximum Gasteiger partial charge on any atom is 0.248 e. The van der Waals surface area contributed by atoms with Crippen molar-refractivity contribution in [2.45, 2.75) is 13.8 Å². The van der Waals surface area contributed by atoms with Crippen LogP contribution in [0.15, 0.2) is 42.5 Å². The molecule has 0 aliphatic carbocycles. The Kier molecular flexibility index (Phi) is 3.33. The van der Waals surface area contributed by atoms with Crippen LogP contribution in [-0.4, -0.2) is 5.91 Å². The van der Waals surface area contributed by atoms with Gasteiger partial charge in [0.05, 0.1) is 0 Å². The van der Waals surface area contributed by atoms with Crippen LogP contribution in [0.2, 0.25) is 0 Å². The van der Waals surface area contributed by atoms with Crippen molar-refractivity contribution in [3.05, 3.63) is 59.2 Å². The molecule has 3 heteroatoms. The van der Waals surface area contributed by atoms with Gasteiger partial charge in [-0.1, -0.05) is 6.07 Å². The fourth-order valence-corrected chi connectivity index (χ4v) is 1.60. The molecule has 0 saturated carbocycles. The topological polar surface area (TPSA) is 52.3 Å². The summed E-state index contributed by atoms with van der Waals surface area (Å²) in [4.78, 5) is 10.9. The van der Waals surface area contributed by atoms with Crippen molar-refractivity contribution in [1.82, 2.24) is 0 Å². The molecule has 0 atom stereocenters. The molecule has 0 unspecified atom stereocenters. The average Bonchev–Trinajstić information content (AvgIpc) is 2.34. The van der Waals surface area contributed by atoms with Gasteiger partial charge in [-0.15, -0.1) is 0 Å². The third-order valence-electron chi connectivity index (χ3n) is 2.85. The molecular weight excluding hydrogens is 226 g/mol. The van der Waals surface area contributed by atoms with E-state index in [0.717, 1.165) is 5.75 Å². The molecule has 0 aliphatic rings. The molecule has 2 rings (SSSR count). The van der Waals surface area contributed by atoms with Crippen LogP contribution in [0.1, 0.15) is 21.5 Å². The van der Waals surface area contributed by atoms with Crippen molar-refractivity contribution >= 4 is 5.91 Å². The molecule has 0 spiro atoms. The van der Waals surface area contributed by atoms with Gasteiger partial charge in [-0.2, -0.15) is 0 Å². The first-order valence-corrected chi connectivity index (χ1v) is 5.71. The lowest BCUT2D eigenvalue weighted by molar-refractivity contribution is 0.100. The van der Waals surface area contributed by atoms with Gasteiger partial charge >= 0.3 is 0 Å². The lowest BCUT2D eigenvalue weighted by Gasteiger charge is -2.08. The summed E-state index contributed by atoms with van der Waals surface area (Å²) in [5, 5.41) is 0. The van der Waals surface area contributed by atoms with Crippen LogP contribution in [0.5, 0.6) is 11.5 Å². The minimum absolute atomic E-state index is 0.437. The average molecular weight is 241 g/mol. The van der Waals surface area contributed by atoms with E-state index in [-0.39, 0.29) is 0 Å². The Bertz CT molecular complexity index is 574. The van der Waals surface area contributed by atoms with Gasteiger partial charge in [-0.3, -0.25) is 4.79 Å². The predicted molar refractivity (Wildman–Crippen MR) is 70.9 cm³/mol. The van der Waals surface area contributed by atoms with Gasteiger partial charge in [-0.05, 0) is 61.4 Å². The molecule has 0 bridgehead atoms. The van der Waals surface area contributed by atoms with Crippen molar-refractivity contribution in [1.29, 1.82) is 0 Å². The van der Waals surface area contributed by atoms with Crippen LogP contribution in [0.4, 0.5) is 0 Å². The lowest BCUT2D eigenvalue weighted by atomic mass is 10.1. The Morgan fingerprint density at radius 1 is 0.944 bits per heavy atom. The first-order chi connectivity index (χ1) is 8.56. The van der Waals surface area contributed by atoms with Crippen molar-refractivity contribution < 1.29 is 9.53 Å². The van der Waals surface area contributed by atoms with Crippen LogP contribution in [0.25, 0.3) is 0 Å². The van der Waals surface area contributed by atoms with Gasteiger partial charge < -0.3 is 10.5 Å². The summed E-state index contributed by atoms with van der Waals surface area (Å²) in [6.07, 6.45) is 0. The zero-order chi connectivity index (χ0) is 13.1. The van der Waals surface area contributed by atoms with E-state index in [1.807, 2.05) is 25.1 Å². The first-order valence-electron chi connectivity index (χ1n) is 5.71. The van der Waals surface area contributed by atoms with Gasteiger partial charge in [-0.25, -0.2) is 0 Å². The largest absolute Gasteiger partial charge is 0.457 e. The minimum Gasteiger partial charge on any atom is -0.457 e. The van der Waals surface area contributed by atoms with Gasteiger partial charge in [0.1, 0.15) is 11.5 Å². The molecular formula is C15H15NO2. The molecule has 0 radical (unpaired) electrons. The number of benzene rings is 2. The van der Waals surface area contributed by atoms with E-state index < -0.39 is 5.91 Å². The van der Waals surface area contributed by atoms with Crippen LogP contribution >= 0.6 is 0 Å². The summed E-state index contributed by atoms with van der Waals surface area (Å²) in [5.74, 6) is 1.03. The van der Waals surface area contributed by atoms with Gasteiger partial charge in [0, 0.05) is 5.56 Å². The summed E-state index contributed by atoms with van der Waals surface area (Å²) in [7, 11) is 0. The Labute approximate surface area is 106 Å². The van der Waals surface area contributed by atoms with Crippen LogP contribution < -0.4 is 10.5 Å². The highest BCUT2D eigenvalue weighted by atomic mass is 16.5. The second-order valence-electron chi connectivity index (χ2n) is 4.24. The second kappa shape index (κ2) is 4.92. The van der Waals surface area contributed by atoms with E-state index in [4.69, 9.17) is 10.5 Å². The molecule has 1 amide bonds. The highest BCUT2D eigenvalue weighted by molar-refractivity contribution is 5.92. The smallest absolute Gasteiger partial charge is 0.248 e. The normalized spacial score (nSPS) is 10.1. The third-order valence-corrected chi connectivity index (χ3v) is 2.85. The number of aryl methyl sites for hydroxylation is 2. The molecule has 0 aromatic heterocycles. The Balaban J connectivity index is 2.18. The number of hydrogen-bond donors (Lipinski definition) is 1. The SMILES string of the molecule is Cc1ccc(Oc2ccc(C(N)=O)cc2)cc1C. The second-order valence-corrected chi connectivity index (χ2v) is 4.24. The van der Waals surface area contributed by atoms with Crippen molar-refractivity contribution in [2.24, 2.45) is 5.73 Å². The Morgan fingerprint density at radius 2 is 1.56 bits per heavy atom. The van der Waals surface area contributed by atoms with E-state index in [0.29, 0.717) is 11.3 Å². The molecule has 2 aromatic rings. The number of nitrogens with two attached hydrogens (primary N) is 1. The maximum atomic E-state index is 10.9. The highest BCUT2D eigenvalue weighted by Crippen LogP contribution is 2.23. The molecule has 2 aromatic carbocycles. The molecule has 0 fully saturated rings. The summed E-state index contributed by atoms with van der Waals surface area (Å²) >= 11 is 0. The Morgan fingerprint density at radius 3 is 2.11 bits per heavy atom. The number of rotatable bonds is 3. The van der Waals surface area contributed by atoms with E-state index in [2.05, 4.69) is 6.92 Å². The molecule has 0 heterocycles. The fraction of sp³-hybridized carbons (Fsp3) is 0.133. The number of primary amides is 1. The van der Waals surface area contributed by atoms with Gasteiger partial charge in [0.25, 0.3) is 0 Å². The monoisotopic (exact) mass is 241 g/mol. The molecule has 0 saturated heterocycles. The fourth-order valence-electron chi connectivity index (χ4n) is 1.60. The summed E-state index contributed by atoms with van der Waals surface area (Å²) < 4.78 is 5.70. The Hall–Kier alpha value is -2.29. The molecule has 92 valence electrons. The van der Waals surface area contributed by atoms with Crippen LogP contribution in [0.3, 0.4) is 0 Å². The lowest BCUT2D eigenvalue weighted by Crippen LogP contribution is -2.10. The summed E-state index contributed by atoms with van der Waals surface area (Å²) in [6, 6.07) is 12.7. The summed E-state index contributed by atoms with van der Waals surface area (Å²) in [6.45, 7) is 4.10. The number of carbonyl (C=O) groups is 1. The maximum absolute atomic E-state index is 10.9. The predicted octanol–water partition coefficient (Wildman–Crippen LogP) is 3.19. The number of hydrogen-bond acceptors (Lipinski definition) is 2. The zero-order valence-electron chi connectivity index (χ0n) is 10.4. The van der Waals surface area contributed by atoms with Gasteiger partial charge in [0.2, 0.25) is 5.91 Å². The van der Waals surface area contributed by atoms with Gasteiger partial charge in [0.15, 0.2) is 0 Å².